The second-order valence-electron chi connectivity index (χ2n) is 11.1. The predicted molar refractivity (Wildman–Crippen MR) is 116 cm³/mol. The molecule has 0 radical (unpaired) electrons. The van der Waals surface area contributed by atoms with Gasteiger partial charge >= 0.3 is 0 Å². The van der Waals surface area contributed by atoms with E-state index in [9.17, 15) is 10.2 Å². The fourth-order valence-electron chi connectivity index (χ4n) is 8.15. The summed E-state index contributed by atoms with van der Waals surface area (Å²) >= 11 is 0. The van der Waals surface area contributed by atoms with Gasteiger partial charge in [0.1, 0.15) is 5.60 Å². The fourth-order valence-corrected chi connectivity index (χ4v) is 8.15. The summed E-state index contributed by atoms with van der Waals surface area (Å²) in [6.07, 6.45) is 9.86. The molecule has 29 heavy (non-hydrogen) atoms. The topological polar surface area (TPSA) is 40.5 Å². The number of fused-ring (bicyclic) bond motifs is 5. The van der Waals surface area contributed by atoms with E-state index in [-0.39, 0.29) is 11.5 Å². The predicted octanol–water partition coefficient (Wildman–Crippen LogP) is 5.17. The Morgan fingerprint density at radius 2 is 1.66 bits per heavy atom. The van der Waals surface area contributed by atoms with Crippen LogP contribution in [0.2, 0.25) is 0 Å². The average Bonchev–Trinajstić information content (AvgIpc) is 2.99. The fraction of sp³-hybridized carbons (Fsp3) is 0.704. The van der Waals surface area contributed by atoms with E-state index in [1.807, 2.05) is 30.3 Å². The van der Waals surface area contributed by atoms with Gasteiger partial charge in [-0.3, -0.25) is 0 Å². The van der Waals surface area contributed by atoms with E-state index in [0.717, 1.165) is 49.5 Å². The number of aliphatic hydroxyl groups excluding tert-OH is 1. The minimum absolute atomic E-state index is 0.0803. The van der Waals surface area contributed by atoms with Gasteiger partial charge in [0.25, 0.3) is 0 Å². The van der Waals surface area contributed by atoms with Crippen molar-refractivity contribution in [2.24, 2.45) is 34.5 Å². The minimum atomic E-state index is -0.862. The zero-order chi connectivity index (χ0) is 20.3. The molecule has 4 aliphatic carbocycles. The molecule has 2 N–H and O–H groups in total. The molecule has 156 valence electrons. The highest BCUT2D eigenvalue weighted by atomic mass is 16.3. The van der Waals surface area contributed by atoms with Crippen molar-refractivity contribution in [3.8, 4) is 11.8 Å². The second kappa shape index (κ2) is 6.86. The van der Waals surface area contributed by atoms with E-state index in [0.29, 0.717) is 17.3 Å². The van der Waals surface area contributed by atoms with Gasteiger partial charge in [-0.1, -0.05) is 43.9 Å². The van der Waals surface area contributed by atoms with Crippen LogP contribution >= 0.6 is 0 Å². The molecule has 0 amide bonds. The van der Waals surface area contributed by atoms with Crippen molar-refractivity contribution < 1.29 is 10.2 Å². The largest absolute Gasteiger partial charge is 0.393 e. The Bertz CT molecular complexity index is 822. The Morgan fingerprint density at radius 3 is 2.45 bits per heavy atom. The van der Waals surface area contributed by atoms with Crippen molar-refractivity contribution in [2.75, 3.05) is 0 Å². The van der Waals surface area contributed by atoms with Gasteiger partial charge in [-0.25, -0.2) is 0 Å². The molecule has 0 bridgehead atoms. The summed E-state index contributed by atoms with van der Waals surface area (Å²) in [6, 6.07) is 10.1. The van der Waals surface area contributed by atoms with E-state index in [2.05, 4.69) is 25.7 Å². The third kappa shape index (κ3) is 2.92. The summed E-state index contributed by atoms with van der Waals surface area (Å²) in [5.41, 5.74) is 0.433. The van der Waals surface area contributed by atoms with Gasteiger partial charge in [-0.2, -0.15) is 0 Å². The zero-order valence-corrected chi connectivity index (χ0v) is 18.0. The molecule has 0 unspecified atom stereocenters. The maximum Gasteiger partial charge on any atom is 0.131 e. The maximum atomic E-state index is 11.7. The van der Waals surface area contributed by atoms with Crippen LogP contribution in [0.4, 0.5) is 0 Å². The molecule has 4 aliphatic rings. The Kier molecular flexibility index (Phi) is 4.65. The number of hydrogen-bond donors (Lipinski definition) is 2. The number of benzene rings is 1. The lowest BCUT2D eigenvalue weighted by molar-refractivity contribution is -0.144. The highest BCUT2D eigenvalue weighted by molar-refractivity contribution is 5.38. The molecule has 0 aliphatic heterocycles. The van der Waals surface area contributed by atoms with Crippen LogP contribution in [0.1, 0.15) is 77.2 Å². The summed E-state index contributed by atoms with van der Waals surface area (Å²) < 4.78 is 0. The van der Waals surface area contributed by atoms with Crippen molar-refractivity contribution >= 4 is 0 Å². The average molecular weight is 393 g/mol. The first-order chi connectivity index (χ1) is 13.9. The molecule has 1 aromatic carbocycles. The third-order valence-corrected chi connectivity index (χ3v) is 9.98. The molecule has 0 saturated heterocycles. The van der Waals surface area contributed by atoms with Crippen molar-refractivity contribution in [1.29, 1.82) is 0 Å². The summed E-state index contributed by atoms with van der Waals surface area (Å²) in [6.45, 7) is 4.86. The molecule has 8 atom stereocenters. The lowest BCUT2D eigenvalue weighted by Gasteiger charge is -2.61. The summed E-state index contributed by atoms with van der Waals surface area (Å²) in [7, 11) is 0. The molecular weight excluding hydrogens is 356 g/mol. The molecule has 5 rings (SSSR count). The molecule has 2 nitrogen and oxygen atoms in total. The first kappa shape index (κ1) is 19.7. The number of aliphatic hydroxyl groups is 2. The monoisotopic (exact) mass is 392 g/mol. The van der Waals surface area contributed by atoms with Gasteiger partial charge in [0.2, 0.25) is 0 Å². The van der Waals surface area contributed by atoms with Gasteiger partial charge in [0.15, 0.2) is 0 Å². The van der Waals surface area contributed by atoms with Crippen molar-refractivity contribution in [2.45, 2.75) is 83.3 Å². The molecule has 4 saturated carbocycles. The quantitative estimate of drug-likeness (QED) is 0.598. The second-order valence-corrected chi connectivity index (χ2v) is 11.1. The van der Waals surface area contributed by atoms with Crippen LogP contribution in [0.5, 0.6) is 0 Å². The van der Waals surface area contributed by atoms with Crippen LogP contribution in [-0.2, 0) is 0 Å². The Labute approximate surface area is 176 Å². The Morgan fingerprint density at radius 1 is 0.897 bits per heavy atom. The van der Waals surface area contributed by atoms with E-state index in [1.165, 1.54) is 25.7 Å². The number of hydrogen-bond acceptors (Lipinski definition) is 2. The van der Waals surface area contributed by atoms with Crippen LogP contribution in [0.3, 0.4) is 0 Å². The van der Waals surface area contributed by atoms with Crippen molar-refractivity contribution in [3.63, 3.8) is 0 Å². The first-order valence-corrected chi connectivity index (χ1v) is 11.8. The van der Waals surface area contributed by atoms with Crippen LogP contribution < -0.4 is 0 Å². The van der Waals surface area contributed by atoms with Gasteiger partial charge in [0, 0.05) is 11.0 Å². The summed E-state index contributed by atoms with van der Waals surface area (Å²) in [5.74, 6) is 9.40. The van der Waals surface area contributed by atoms with Gasteiger partial charge in [-0.05, 0) is 99.0 Å². The molecule has 1 aromatic rings. The summed E-state index contributed by atoms with van der Waals surface area (Å²) in [5, 5.41) is 21.9. The van der Waals surface area contributed by atoms with Crippen LogP contribution in [0.25, 0.3) is 0 Å². The number of rotatable bonds is 0. The van der Waals surface area contributed by atoms with E-state index < -0.39 is 5.60 Å². The van der Waals surface area contributed by atoms with Crippen molar-refractivity contribution in [3.05, 3.63) is 35.9 Å². The minimum Gasteiger partial charge on any atom is -0.393 e. The zero-order valence-electron chi connectivity index (χ0n) is 18.0. The van der Waals surface area contributed by atoms with Gasteiger partial charge < -0.3 is 10.2 Å². The van der Waals surface area contributed by atoms with Crippen LogP contribution in [0.15, 0.2) is 30.3 Å². The van der Waals surface area contributed by atoms with E-state index in [4.69, 9.17) is 0 Å². The lowest BCUT2D eigenvalue weighted by Crippen LogP contribution is -2.56. The van der Waals surface area contributed by atoms with Gasteiger partial charge in [0.05, 0.1) is 6.10 Å². The molecule has 0 spiro atoms. The molecule has 0 aromatic heterocycles. The smallest absolute Gasteiger partial charge is 0.131 e. The van der Waals surface area contributed by atoms with Gasteiger partial charge in [-0.15, -0.1) is 0 Å². The normalized spacial score (nSPS) is 48.6. The highest BCUT2D eigenvalue weighted by Gasteiger charge is 2.64. The molecule has 4 fully saturated rings. The van der Waals surface area contributed by atoms with E-state index >= 15 is 0 Å². The maximum absolute atomic E-state index is 11.7. The third-order valence-electron chi connectivity index (χ3n) is 9.98. The van der Waals surface area contributed by atoms with Crippen LogP contribution in [-0.4, -0.2) is 21.9 Å². The Hall–Kier alpha value is -1.30. The molecular formula is C27H36O2. The molecule has 0 heterocycles. The molecule has 2 heteroatoms. The SMILES string of the molecule is C[C@]12CC[C@H](O)C[C@@H]1CC[C@H]1[C@H]3CC[C@](O)(C#Cc4ccccc4)[C@]3(C)CC[C@@H]12. The highest BCUT2D eigenvalue weighted by Crippen LogP contribution is 2.68. The Balaban J connectivity index is 1.42. The van der Waals surface area contributed by atoms with E-state index in [1.54, 1.807) is 0 Å². The summed E-state index contributed by atoms with van der Waals surface area (Å²) in [4.78, 5) is 0. The lowest BCUT2D eigenvalue weighted by atomic mass is 9.44. The van der Waals surface area contributed by atoms with Crippen molar-refractivity contribution in [1.82, 2.24) is 0 Å². The van der Waals surface area contributed by atoms with Crippen LogP contribution in [0, 0.1) is 46.3 Å². The first-order valence-electron chi connectivity index (χ1n) is 11.8. The standard InChI is InChI=1S/C27H36O2/c1-25-14-11-21(28)18-20(25)8-9-22-23(25)12-15-26(2)24(22)13-17-27(26,29)16-10-19-6-4-3-5-7-19/h3-7,20-24,28-29H,8-9,11-15,17-18H2,1-2H3/t20-,21-,22+,23-,24+,25-,26+,27+/m0/s1.